The molecular weight excluding hydrogens is 232 g/mol. The summed E-state index contributed by atoms with van der Waals surface area (Å²) in [5, 5.41) is 5.41. The van der Waals surface area contributed by atoms with Crippen LogP contribution in [-0.4, -0.2) is 36.5 Å². The van der Waals surface area contributed by atoms with Crippen LogP contribution in [0, 0.1) is 0 Å². The largest absolute Gasteiger partial charge is 0.397 e. The van der Waals surface area contributed by atoms with Gasteiger partial charge in [-0.25, -0.2) is 4.79 Å². The van der Waals surface area contributed by atoms with E-state index in [9.17, 15) is 9.59 Å². The molecular formula is C12H16N4O2. The minimum absolute atomic E-state index is 0.109. The standard InChI is InChI=1S/C12H16N4O2/c13-9-3-1-2-4-10(9)15-11(17)5-7-16-8-6-14-12(16)18/h1-4H,5-8,13H2,(H,14,18)(H,15,17). The molecule has 4 N–H and O–H groups in total. The van der Waals surface area contributed by atoms with Gasteiger partial charge < -0.3 is 21.3 Å². The third-order valence-corrected chi connectivity index (χ3v) is 2.79. The summed E-state index contributed by atoms with van der Waals surface area (Å²) in [6.07, 6.45) is 0.266. The van der Waals surface area contributed by atoms with Gasteiger partial charge in [-0.05, 0) is 12.1 Å². The van der Waals surface area contributed by atoms with Crippen LogP contribution in [0.25, 0.3) is 0 Å². The molecule has 0 spiro atoms. The number of rotatable bonds is 4. The van der Waals surface area contributed by atoms with E-state index in [1.165, 1.54) is 0 Å². The number of hydrogen-bond acceptors (Lipinski definition) is 3. The number of para-hydroxylation sites is 2. The Bertz CT molecular complexity index is 461. The van der Waals surface area contributed by atoms with Gasteiger partial charge in [-0.1, -0.05) is 12.1 Å². The number of urea groups is 1. The van der Waals surface area contributed by atoms with Crippen molar-refractivity contribution in [2.24, 2.45) is 0 Å². The first-order valence-corrected chi connectivity index (χ1v) is 5.84. The first-order chi connectivity index (χ1) is 8.66. The van der Waals surface area contributed by atoms with E-state index < -0.39 is 0 Å². The average molecular weight is 248 g/mol. The number of nitrogens with zero attached hydrogens (tertiary/aromatic N) is 1. The first-order valence-electron chi connectivity index (χ1n) is 5.84. The summed E-state index contributed by atoms with van der Waals surface area (Å²) in [6, 6.07) is 6.97. The second kappa shape index (κ2) is 5.39. The lowest BCUT2D eigenvalue weighted by Crippen LogP contribution is -2.31. The number of nitrogens with one attached hydrogen (secondary N) is 2. The molecule has 0 atom stereocenters. The molecule has 18 heavy (non-hydrogen) atoms. The molecule has 96 valence electrons. The molecule has 6 heteroatoms. The second-order valence-electron chi connectivity index (χ2n) is 4.10. The number of anilines is 2. The van der Waals surface area contributed by atoms with Crippen molar-refractivity contribution in [2.75, 3.05) is 30.7 Å². The Labute approximate surface area is 105 Å². The van der Waals surface area contributed by atoms with E-state index in [-0.39, 0.29) is 18.4 Å². The lowest BCUT2D eigenvalue weighted by Gasteiger charge is -2.14. The minimum Gasteiger partial charge on any atom is -0.397 e. The van der Waals surface area contributed by atoms with Crippen LogP contribution in [0.4, 0.5) is 16.2 Å². The highest BCUT2D eigenvalue weighted by atomic mass is 16.2. The summed E-state index contributed by atoms with van der Waals surface area (Å²) in [4.78, 5) is 24.6. The van der Waals surface area contributed by atoms with Gasteiger partial charge in [0.25, 0.3) is 0 Å². The maximum Gasteiger partial charge on any atom is 0.317 e. The highest BCUT2D eigenvalue weighted by Crippen LogP contribution is 2.16. The van der Waals surface area contributed by atoms with Crippen LogP contribution >= 0.6 is 0 Å². The van der Waals surface area contributed by atoms with E-state index in [0.29, 0.717) is 31.0 Å². The van der Waals surface area contributed by atoms with Gasteiger partial charge in [0.15, 0.2) is 0 Å². The number of nitrogen functional groups attached to an aromatic ring is 1. The van der Waals surface area contributed by atoms with Crippen molar-refractivity contribution in [1.29, 1.82) is 0 Å². The molecule has 0 radical (unpaired) electrons. The van der Waals surface area contributed by atoms with Crippen LogP contribution < -0.4 is 16.4 Å². The Balaban J connectivity index is 1.82. The predicted octanol–water partition coefficient (Wildman–Crippen LogP) is 0.623. The van der Waals surface area contributed by atoms with Crippen molar-refractivity contribution in [1.82, 2.24) is 10.2 Å². The SMILES string of the molecule is Nc1ccccc1NC(=O)CCN1CCNC1=O. The second-order valence-corrected chi connectivity index (χ2v) is 4.10. The quantitative estimate of drug-likeness (QED) is 0.683. The van der Waals surface area contributed by atoms with E-state index in [1.807, 2.05) is 0 Å². The van der Waals surface area contributed by atoms with Crippen LogP contribution in [0.2, 0.25) is 0 Å². The number of hydrogen-bond donors (Lipinski definition) is 3. The summed E-state index contributed by atoms with van der Waals surface area (Å²) in [5.41, 5.74) is 6.86. The Morgan fingerprint density at radius 1 is 1.44 bits per heavy atom. The average Bonchev–Trinajstić information content (AvgIpc) is 2.75. The number of amides is 3. The van der Waals surface area contributed by atoms with Crippen LogP contribution in [0.15, 0.2) is 24.3 Å². The topological polar surface area (TPSA) is 87.5 Å². The number of nitrogens with two attached hydrogens (primary N) is 1. The molecule has 1 aromatic rings. The fourth-order valence-corrected chi connectivity index (χ4v) is 1.78. The van der Waals surface area contributed by atoms with Gasteiger partial charge in [-0.3, -0.25) is 4.79 Å². The molecule has 1 saturated heterocycles. The van der Waals surface area contributed by atoms with E-state index >= 15 is 0 Å². The van der Waals surface area contributed by atoms with Crippen molar-refractivity contribution >= 4 is 23.3 Å². The molecule has 1 heterocycles. The molecule has 0 saturated carbocycles. The highest BCUT2D eigenvalue weighted by molar-refractivity contribution is 5.94. The number of benzene rings is 1. The number of carbonyl (C=O) groups is 2. The summed E-state index contributed by atoms with van der Waals surface area (Å²) in [5.74, 6) is -0.146. The van der Waals surface area contributed by atoms with Gasteiger partial charge in [0, 0.05) is 26.1 Å². The lowest BCUT2D eigenvalue weighted by atomic mass is 10.2. The van der Waals surface area contributed by atoms with E-state index in [4.69, 9.17) is 5.73 Å². The summed E-state index contributed by atoms with van der Waals surface area (Å²) >= 11 is 0. The Kier molecular flexibility index (Phi) is 3.66. The molecule has 1 aliphatic rings. The molecule has 0 aliphatic carbocycles. The fourth-order valence-electron chi connectivity index (χ4n) is 1.78. The molecule has 1 fully saturated rings. The minimum atomic E-state index is -0.146. The Hall–Kier alpha value is -2.24. The van der Waals surface area contributed by atoms with E-state index in [2.05, 4.69) is 10.6 Å². The summed E-state index contributed by atoms with van der Waals surface area (Å²) < 4.78 is 0. The lowest BCUT2D eigenvalue weighted by molar-refractivity contribution is -0.116. The molecule has 0 aromatic heterocycles. The van der Waals surface area contributed by atoms with Gasteiger partial charge in [0.1, 0.15) is 0 Å². The third kappa shape index (κ3) is 2.91. The van der Waals surface area contributed by atoms with Gasteiger partial charge in [0.2, 0.25) is 5.91 Å². The van der Waals surface area contributed by atoms with Crippen molar-refractivity contribution in [2.45, 2.75) is 6.42 Å². The maximum absolute atomic E-state index is 11.7. The zero-order valence-electron chi connectivity index (χ0n) is 9.98. The number of carbonyl (C=O) groups excluding carboxylic acids is 2. The Morgan fingerprint density at radius 3 is 2.89 bits per heavy atom. The maximum atomic E-state index is 11.7. The highest BCUT2D eigenvalue weighted by Gasteiger charge is 2.19. The van der Waals surface area contributed by atoms with Crippen LogP contribution in [-0.2, 0) is 4.79 Å². The molecule has 1 aromatic carbocycles. The molecule has 1 aliphatic heterocycles. The van der Waals surface area contributed by atoms with Crippen molar-refractivity contribution in [3.63, 3.8) is 0 Å². The molecule has 2 rings (SSSR count). The summed E-state index contributed by atoms with van der Waals surface area (Å²) in [7, 11) is 0. The van der Waals surface area contributed by atoms with Crippen LogP contribution in [0.1, 0.15) is 6.42 Å². The van der Waals surface area contributed by atoms with Crippen LogP contribution in [0.5, 0.6) is 0 Å². The summed E-state index contributed by atoms with van der Waals surface area (Å²) in [6.45, 7) is 1.72. The zero-order valence-corrected chi connectivity index (χ0v) is 9.98. The molecule has 0 unspecified atom stereocenters. The van der Waals surface area contributed by atoms with Crippen molar-refractivity contribution in [3.8, 4) is 0 Å². The van der Waals surface area contributed by atoms with Crippen LogP contribution in [0.3, 0.4) is 0 Å². The molecule has 3 amide bonds. The smallest absolute Gasteiger partial charge is 0.317 e. The van der Waals surface area contributed by atoms with Gasteiger partial charge in [-0.15, -0.1) is 0 Å². The van der Waals surface area contributed by atoms with Gasteiger partial charge >= 0.3 is 6.03 Å². The van der Waals surface area contributed by atoms with E-state index in [1.54, 1.807) is 29.2 Å². The van der Waals surface area contributed by atoms with E-state index in [0.717, 1.165) is 0 Å². The third-order valence-electron chi connectivity index (χ3n) is 2.79. The van der Waals surface area contributed by atoms with Gasteiger partial charge in [-0.2, -0.15) is 0 Å². The monoisotopic (exact) mass is 248 g/mol. The normalized spacial score (nSPS) is 14.4. The van der Waals surface area contributed by atoms with Crippen molar-refractivity contribution in [3.05, 3.63) is 24.3 Å². The van der Waals surface area contributed by atoms with Crippen molar-refractivity contribution < 1.29 is 9.59 Å². The first kappa shape index (κ1) is 12.2. The molecule has 6 nitrogen and oxygen atoms in total. The Morgan fingerprint density at radius 2 is 2.22 bits per heavy atom. The zero-order chi connectivity index (χ0) is 13.0. The van der Waals surface area contributed by atoms with Gasteiger partial charge in [0.05, 0.1) is 11.4 Å². The fraction of sp³-hybridized carbons (Fsp3) is 0.333. The molecule has 0 bridgehead atoms. The predicted molar refractivity (Wildman–Crippen MR) is 69.1 cm³/mol.